The van der Waals surface area contributed by atoms with Crippen LogP contribution in [0.25, 0.3) is 10.8 Å². The highest BCUT2D eigenvalue weighted by atomic mass is 14.3. The molecule has 0 heteroatoms. The normalized spacial score (nSPS) is 19.1. The molecule has 0 saturated heterocycles. The van der Waals surface area contributed by atoms with Crippen molar-refractivity contribution >= 4 is 10.8 Å². The van der Waals surface area contributed by atoms with Crippen LogP contribution in [-0.4, -0.2) is 0 Å². The fraction of sp³-hybridized carbons (Fsp3) is 0.438. The fourth-order valence-electron chi connectivity index (χ4n) is 5.51. The van der Waals surface area contributed by atoms with E-state index in [1.54, 1.807) is 5.56 Å². The molecule has 1 aliphatic rings. The van der Waals surface area contributed by atoms with Crippen LogP contribution in [0.4, 0.5) is 0 Å². The van der Waals surface area contributed by atoms with Crippen molar-refractivity contribution in [3.8, 4) is 0 Å². The first-order valence-corrected chi connectivity index (χ1v) is 13.0. The van der Waals surface area contributed by atoms with Crippen molar-refractivity contribution in [2.75, 3.05) is 0 Å². The molecular formula is C32H40. The van der Waals surface area contributed by atoms with Crippen LogP contribution in [0.2, 0.25) is 0 Å². The van der Waals surface area contributed by atoms with Gasteiger partial charge in [-0.1, -0.05) is 92.6 Å². The Balaban J connectivity index is 1.31. The molecule has 0 nitrogen and oxygen atoms in total. The highest BCUT2D eigenvalue weighted by molar-refractivity contribution is 5.83. The lowest BCUT2D eigenvalue weighted by molar-refractivity contribution is 0.308. The molecule has 4 rings (SSSR count). The van der Waals surface area contributed by atoms with E-state index in [-0.39, 0.29) is 0 Å². The molecule has 0 atom stereocenters. The maximum atomic E-state index is 2.41. The van der Waals surface area contributed by atoms with Gasteiger partial charge in [0.05, 0.1) is 0 Å². The van der Waals surface area contributed by atoms with Gasteiger partial charge in [0, 0.05) is 0 Å². The van der Waals surface area contributed by atoms with Crippen molar-refractivity contribution in [2.24, 2.45) is 5.92 Å². The fourth-order valence-corrected chi connectivity index (χ4v) is 5.51. The van der Waals surface area contributed by atoms with Crippen LogP contribution in [0, 0.1) is 5.92 Å². The average Bonchev–Trinajstić information content (AvgIpc) is 2.84. The van der Waals surface area contributed by atoms with Gasteiger partial charge in [-0.2, -0.15) is 0 Å². The van der Waals surface area contributed by atoms with Crippen LogP contribution in [0.15, 0.2) is 72.8 Å². The maximum Gasteiger partial charge on any atom is -0.0162 e. The van der Waals surface area contributed by atoms with E-state index >= 15 is 0 Å². The Kier molecular flexibility index (Phi) is 8.21. The van der Waals surface area contributed by atoms with Gasteiger partial charge in [-0.25, -0.2) is 0 Å². The van der Waals surface area contributed by atoms with Crippen LogP contribution in [-0.2, 0) is 19.3 Å². The third-order valence-corrected chi connectivity index (χ3v) is 7.50. The van der Waals surface area contributed by atoms with Gasteiger partial charge >= 0.3 is 0 Å². The quantitative estimate of drug-likeness (QED) is 0.300. The molecular weight excluding hydrogens is 384 g/mol. The number of rotatable bonds is 9. The summed E-state index contributed by atoms with van der Waals surface area (Å²) in [5.41, 5.74) is 5.91. The summed E-state index contributed by atoms with van der Waals surface area (Å²) < 4.78 is 0. The largest absolute Gasteiger partial charge is 0.0917 e. The molecule has 0 unspecified atom stereocenters. The summed E-state index contributed by atoms with van der Waals surface area (Å²) in [7, 11) is 0. The predicted molar refractivity (Wildman–Crippen MR) is 141 cm³/mol. The van der Waals surface area contributed by atoms with Crippen molar-refractivity contribution in [1.29, 1.82) is 0 Å². The van der Waals surface area contributed by atoms with Crippen LogP contribution in [0.1, 0.15) is 87.0 Å². The number of hydrogen-bond acceptors (Lipinski definition) is 0. The molecule has 3 aromatic carbocycles. The predicted octanol–water partition coefficient (Wildman–Crippen LogP) is 9.21. The maximum absolute atomic E-state index is 2.41. The molecule has 0 amide bonds. The average molecular weight is 425 g/mol. The molecule has 0 N–H and O–H groups in total. The first-order valence-electron chi connectivity index (χ1n) is 13.0. The second-order valence-electron chi connectivity index (χ2n) is 9.87. The molecule has 0 aromatic heterocycles. The van der Waals surface area contributed by atoms with Gasteiger partial charge in [0.15, 0.2) is 0 Å². The summed E-state index contributed by atoms with van der Waals surface area (Å²) in [5.74, 6) is 1.78. The van der Waals surface area contributed by atoms with Gasteiger partial charge in [-0.15, -0.1) is 0 Å². The zero-order chi connectivity index (χ0) is 22.2. The van der Waals surface area contributed by atoms with Crippen LogP contribution in [0.3, 0.4) is 0 Å². The third-order valence-electron chi connectivity index (χ3n) is 7.50. The molecule has 1 fully saturated rings. The molecule has 0 bridgehead atoms. The Morgan fingerprint density at radius 2 is 1.31 bits per heavy atom. The minimum Gasteiger partial charge on any atom is -0.0917 e. The van der Waals surface area contributed by atoms with E-state index in [9.17, 15) is 0 Å². The van der Waals surface area contributed by atoms with Gasteiger partial charge in [0.25, 0.3) is 0 Å². The van der Waals surface area contributed by atoms with E-state index in [0.29, 0.717) is 0 Å². The summed E-state index contributed by atoms with van der Waals surface area (Å²) in [6.07, 6.45) is 17.3. The van der Waals surface area contributed by atoms with Crippen molar-refractivity contribution in [3.05, 3.63) is 95.1 Å². The summed E-state index contributed by atoms with van der Waals surface area (Å²) >= 11 is 0. The zero-order valence-corrected chi connectivity index (χ0v) is 20.2. The number of fused-ring (bicyclic) bond motifs is 1. The van der Waals surface area contributed by atoms with Gasteiger partial charge in [0.2, 0.25) is 0 Å². The van der Waals surface area contributed by atoms with Crippen molar-refractivity contribution in [2.45, 2.75) is 84.0 Å². The van der Waals surface area contributed by atoms with Gasteiger partial charge in [0.1, 0.15) is 0 Å². The molecule has 3 aromatic rings. The first kappa shape index (κ1) is 22.8. The van der Waals surface area contributed by atoms with E-state index in [1.165, 1.54) is 66.0 Å². The summed E-state index contributed by atoms with van der Waals surface area (Å²) in [6, 6.07) is 23.6. The third kappa shape index (κ3) is 6.12. The molecule has 0 spiro atoms. The first-order chi connectivity index (χ1) is 15.7. The standard InChI is InChI=1S/C32H40/c1-3-5-6-8-27-15-21-32-24-28(16-22-31(32)23-27)10-9-26-13-19-30(20-14-26)29-17-11-25(7-4-2)12-18-29/h3,5,13-16,19-25,29H,4,6-12,17-18H2,1-2H3/b5-3+. The lowest BCUT2D eigenvalue weighted by atomic mass is 9.77. The van der Waals surface area contributed by atoms with Gasteiger partial charge < -0.3 is 0 Å². The van der Waals surface area contributed by atoms with E-state index in [1.807, 2.05) is 0 Å². The van der Waals surface area contributed by atoms with Gasteiger partial charge in [-0.3, -0.25) is 0 Å². The summed E-state index contributed by atoms with van der Waals surface area (Å²) in [6.45, 7) is 4.42. The Hall–Kier alpha value is -2.34. The SMILES string of the molecule is C/C=C/CCc1ccc2cc(CCc3ccc(C4CCC(CCC)CC4)cc3)ccc2c1. The number of benzene rings is 3. The summed E-state index contributed by atoms with van der Waals surface area (Å²) in [5, 5.41) is 2.73. The molecule has 1 aliphatic carbocycles. The molecule has 32 heavy (non-hydrogen) atoms. The minimum atomic E-state index is 0.792. The van der Waals surface area contributed by atoms with E-state index in [0.717, 1.165) is 37.5 Å². The lowest BCUT2D eigenvalue weighted by Crippen LogP contribution is -2.13. The van der Waals surface area contributed by atoms with Gasteiger partial charge in [-0.05, 0) is 103 Å². The van der Waals surface area contributed by atoms with E-state index in [4.69, 9.17) is 0 Å². The van der Waals surface area contributed by atoms with Crippen molar-refractivity contribution in [3.63, 3.8) is 0 Å². The van der Waals surface area contributed by atoms with E-state index < -0.39 is 0 Å². The molecule has 0 heterocycles. The number of aryl methyl sites for hydroxylation is 3. The Bertz CT molecular complexity index is 1000. The smallest absolute Gasteiger partial charge is 0.0162 e. The van der Waals surface area contributed by atoms with E-state index in [2.05, 4.69) is 86.7 Å². The van der Waals surface area contributed by atoms with Crippen LogP contribution in [0.5, 0.6) is 0 Å². The molecule has 1 saturated carbocycles. The second kappa shape index (κ2) is 11.5. The zero-order valence-electron chi connectivity index (χ0n) is 20.2. The Labute approximate surface area is 195 Å². The highest BCUT2D eigenvalue weighted by Gasteiger charge is 2.21. The van der Waals surface area contributed by atoms with Crippen molar-refractivity contribution in [1.82, 2.24) is 0 Å². The summed E-state index contributed by atoms with van der Waals surface area (Å²) in [4.78, 5) is 0. The number of hydrogen-bond donors (Lipinski definition) is 0. The topological polar surface area (TPSA) is 0 Å². The molecule has 0 radical (unpaired) electrons. The monoisotopic (exact) mass is 424 g/mol. The lowest BCUT2D eigenvalue weighted by Gasteiger charge is -2.28. The van der Waals surface area contributed by atoms with Crippen LogP contribution < -0.4 is 0 Å². The molecule has 0 aliphatic heterocycles. The highest BCUT2D eigenvalue weighted by Crippen LogP contribution is 2.37. The second-order valence-corrected chi connectivity index (χ2v) is 9.87. The Morgan fingerprint density at radius 3 is 1.94 bits per heavy atom. The minimum absolute atomic E-state index is 0.792. The number of allylic oxidation sites excluding steroid dienone is 2. The molecule has 168 valence electrons. The van der Waals surface area contributed by atoms with Crippen LogP contribution >= 0.6 is 0 Å². The Morgan fingerprint density at radius 1 is 0.719 bits per heavy atom. The van der Waals surface area contributed by atoms with Crippen molar-refractivity contribution < 1.29 is 0 Å².